The molecule has 0 aliphatic heterocycles. The molecule has 1 rings (SSSR count). The third-order valence-corrected chi connectivity index (χ3v) is 2.28. The number of thiocarbonyl (C=S) groups is 1. The average Bonchev–Trinajstić information content (AvgIpc) is 2.61. The van der Waals surface area contributed by atoms with Crippen LogP contribution in [0.2, 0.25) is 0 Å². The summed E-state index contributed by atoms with van der Waals surface area (Å²) in [7, 11) is 1.92. The number of nitrogens with one attached hydrogen (secondary N) is 2. The second-order valence-electron chi connectivity index (χ2n) is 3.45. The Hall–Kier alpha value is -1.10. The molecule has 15 heavy (non-hydrogen) atoms. The summed E-state index contributed by atoms with van der Waals surface area (Å²) in [6, 6.07) is 0. The molecule has 0 spiro atoms. The zero-order valence-electron chi connectivity index (χ0n) is 9.29. The molecule has 0 aliphatic rings. The lowest BCUT2D eigenvalue weighted by molar-refractivity contribution is 0.765. The van der Waals surface area contributed by atoms with Gasteiger partial charge in [0.15, 0.2) is 5.11 Å². The molecule has 0 saturated heterocycles. The summed E-state index contributed by atoms with van der Waals surface area (Å²) in [4.78, 5) is 0. The van der Waals surface area contributed by atoms with Gasteiger partial charge in [0.25, 0.3) is 0 Å². The van der Waals surface area contributed by atoms with Gasteiger partial charge in [-0.2, -0.15) is 5.10 Å². The van der Waals surface area contributed by atoms with Crippen molar-refractivity contribution in [3.05, 3.63) is 18.0 Å². The zero-order valence-corrected chi connectivity index (χ0v) is 10.1. The largest absolute Gasteiger partial charge is 0.363 e. The van der Waals surface area contributed by atoms with Gasteiger partial charge in [-0.15, -0.1) is 0 Å². The third-order valence-electron chi connectivity index (χ3n) is 1.99. The Labute approximate surface area is 96.1 Å². The molecule has 4 nitrogen and oxygen atoms in total. The van der Waals surface area contributed by atoms with Crippen LogP contribution in [0.3, 0.4) is 0 Å². The minimum atomic E-state index is 0.737. The van der Waals surface area contributed by atoms with Crippen molar-refractivity contribution in [1.29, 1.82) is 0 Å². The molecule has 5 heteroatoms. The molecule has 1 aromatic heterocycles. The van der Waals surface area contributed by atoms with E-state index < -0.39 is 0 Å². The van der Waals surface area contributed by atoms with Gasteiger partial charge < -0.3 is 10.6 Å². The van der Waals surface area contributed by atoms with Crippen molar-refractivity contribution in [3.63, 3.8) is 0 Å². The van der Waals surface area contributed by atoms with E-state index in [9.17, 15) is 0 Å². The summed E-state index contributed by atoms with van der Waals surface area (Å²) >= 11 is 5.10. The number of aromatic nitrogens is 2. The van der Waals surface area contributed by atoms with Gasteiger partial charge in [0.05, 0.1) is 6.20 Å². The number of nitrogens with zero attached hydrogens (tertiary/aromatic N) is 2. The van der Waals surface area contributed by atoms with Crippen molar-refractivity contribution in [2.24, 2.45) is 7.05 Å². The molecule has 84 valence electrons. The van der Waals surface area contributed by atoms with Crippen LogP contribution >= 0.6 is 12.2 Å². The molecule has 2 N–H and O–H groups in total. The normalized spacial score (nSPS) is 10.0. The lowest BCUT2D eigenvalue weighted by atomic mass is 10.2. The second-order valence-corrected chi connectivity index (χ2v) is 3.86. The maximum absolute atomic E-state index is 5.10. The van der Waals surface area contributed by atoms with Crippen molar-refractivity contribution >= 4 is 17.3 Å². The quantitative estimate of drug-likeness (QED) is 0.730. The summed E-state index contributed by atoms with van der Waals surface area (Å²) in [5.41, 5.74) is 1.23. The Morgan fingerprint density at radius 2 is 2.20 bits per heavy atom. The SMILES string of the molecule is CCCNC(=S)NCCc1cnn(C)c1. The highest BCUT2D eigenvalue weighted by atomic mass is 32.1. The van der Waals surface area contributed by atoms with Gasteiger partial charge in [0.2, 0.25) is 0 Å². The fraction of sp³-hybridized carbons (Fsp3) is 0.600. The van der Waals surface area contributed by atoms with Gasteiger partial charge in [-0.3, -0.25) is 4.68 Å². The zero-order chi connectivity index (χ0) is 11.1. The highest BCUT2D eigenvalue weighted by molar-refractivity contribution is 7.80. The molecular formula is C10H18N4S. The molecule has 0 bridgehead atoms. The van der Waals surface area contributed by atoms with Crippen LogP contribution in [0.25, 0.3) is 0 Å². The molecule has 0 aromatic carbocycles. The van der Waals surface area contributed by atoms with E-state index in [1.54, 1.807) is 0 Å². The summed E-state index contributed by atoms with van der Waals surface area (Å²) in [5, 5.41) is 11.1. The van der Waals surface area contributed by atoms with Gasteiger partial charge >= 0.3 is 0 Å². The molecule has 0 fully saturated rings. The smallest absolute Gasteiger partial charge is 0.166 e. The minimum Gasteiger partial charge on any atom is -0.363 e. The Bertz CT molecular complexity index is 308. The average molecular weight is 226 g/mol. The number of aryl methyl sites for hydroxylation is 1. The van der Waals surface area contributed by atoms with Crippen LogP contribution in [0, 0.1) is 0 Å². The number of hydrogen-bond donors (Lipinski definition) is 2. The molecular weight excluding hydrogens is 208 g/mol. The lowest BCUT2D eigenvalue weighted by Crippen LogP contribution is -2.36. The maximum Gasteiger partial charge on any atom is 0.166 e. The van der Waals surface area contributed by atoms with E-state index in [1.165, 1.54) is 5.56 Å². The predicted octanol–water partition coefficient (Wildman–Crippen LogP) is 0.837. The molecule has 1 aromatic rings. The highest BCUT2D eigenvalue weighted by Gasteiger charge is 1.97. The molecule has 0 radical (unpaired) electrons. The van der Waals surface area contributed by atoms with Gasteiger partial charge in [0.1, 0.15) is 0 Å². The van der Waals surface area contributed by atoms with E-state index in [0.717, 1.165) is 31.0 Å². The fourth-order valence-electron chi connectivity index (χ4n) is 1.22. The number of rotatable bonds is 5. The first-order chi connectivity index (χ1) is 7.22. The van der Waals surface area contributed by atoms with Crippen LogP contribution in [0.5, 0.6) is 0 Å². The summed E-state index contributed by atoms with van der Waals surface area (Å²) in [6.07, 6.45) is 5.93. The summed E-state index contributed by atoms with van der Waals surface area (Å²) in [5.74, 6) is 0. The van der Waals surface area contributed by atoms with Crippen LogP contribution in [0.15, 0.2) is 12.4 Å². The van der Waals surface area contributed by atoms with E-state index in [4.69, 9.17) is 12.2 Å². The third kappa shape index (κ3) is 4.78. The molecule has 0 amide bonds. The number of hydrogen-bond acceptors (Lipinski definition) is 2. The first kappa shape index (κ1) is 12.0. The van der Waals surface area contributed by atoms with Crippen molar-refractivity contribution in [2.75, 3.05) is 13.1 Å². The van der Waals surface area contributed by atoms with E-state index in [0.29, 0.717) is 0 Å². The topological polar surface area (TPSA) is 41.9 Å². The van der Waals surface area contributed by atoms with Crippen LogP contribution < -0.4 is 10.6 Å². The van der Waals surface area contributed by atoms with Crippen LogP contribution in [0.4, 0.5) is 0 Å². The molecule has 0 unspecified atom stereocenters. The fourth-order valence-corrected chi connectivity index (χ4v) is 1.43. The van der Waals surface area contributed by atoms with E-state index in [2.05, 4.69) is 22.7 Å². The first-order valence-corrected chi connectivity index (χ1v) is 5.62. The van der Waals surface area contributed by atoms with E-state index in [-0.39, 0.29) is 0 Å². The van der Waals surface area contributed by atoms with Crippen molar-refractivity contribution in [2.45, 2.75) is 19.8 Å². The predicted molar refractivity (Wildman–Crippen MR) is 65.8 cm³/mol. The summed E-state index contributed by atoms with van der Waals surface area (Å²) < 4.78 is 1.81. The standard InChI is InChI=1S/C10H18N4S/c1-3-5-11-10(15)12-6-4-9-7-13-14(2)8-9/h7-8H,3-6H2,1-2H3,(H2,11,12,15). The van der Waals surface area contributed by atoms with Crippen LogP contribution in [-0.2, 0) is 13.5 Å². The maximum atomic E-state index is 5.10. The lowest BCUT2D eigenvalue weighted by Gasteiger charge is -2.08. The Kier molecular flexibility index (Phi) is 5.10. The summed E-state index contributed by atoms with van der Waals surface area (Å²) in [6.45, 7) is 3.89. The van der Waals surface area contributed by atoms with Gasteiger partial charge in [0, 0.05) is 26.3 Å². The van der Waals surface area contributed by atoms with Crippen molar-refractivity contribution in [1.82, 2.24) is 20.4 Å². The highest BCUT2D eigenvalue weighted by Crippen LogP contribution is 1.95. The second kappa shape index (κ2) is 6.40. The van der Waals surface area contributed by atoms with Crippen molar-refractivity contribution in [3.8, 4) is 0 Å². The van der Waals surface area contributed by atoms with Crippen LogP contribution in [0.1, 0.15) is 18.9 Å². The molecule has 1 heterocycles. The van der Waals surface area contributed by atoms with Crippen LogP contribution in [-0.4, -0.2) is 28.0 Å². The molecule has 0 atom stereocenters. The molecule has 0 aliphatic carbocycles. The van der Waals surface area contributed by atoms with Gasteiger partial charge in [-0.25, -0.2) is 0 Å². The van der Waals surface area contributed by atoms with Crippen molar-refractivity contribution < 1.29 is 0 Å². The Balaban J connectivity index is 2.13. The van der Waals surface area contributed by atoms with Gasteiger partial charge in [-0.05, 0) is 30.6 Å². The Morgan fingerprint density at radius 1 is 1.47 bits per heavy atom. The van der Waals surface area contributed by atoms with Gasteiger partial charge in [-0.1, -0.05) is 6.92 Å². The monoisotopic (exact) mass is 226 g/mol. The van der Waals surface area contributed by atoms with E-state index >= 15 is 0 Å². The Morgan fingerprint density at radius 3 is 2.80 bits per heavy atom. The molecule has 0 saturated carbocycles. The minimum absolute atomic E-state index is 0.737. The van der Waals surface area contributed by atoms with E-state index in [1.807, 2.05) is 24.1 Å². The first-order valence-electron chi connectivity index (χ1n) is 5.21.